The lowest BCUT2D eigenvalue weighted by Crippen LogP contribution is -2.11. The number of nitrogen functional groups attached to an aromatic ring is 1. The van der Waals surface area contributed by atoms with Crippen LogP contribution in [-0.4, -0.2) is 24.2 Å². The van der Waals surface area contributed by atoms with Crippen molar-refractivity contribution in [3.8, 4) is 9.88 Å². The van der Waals surface area contributed by atoms with Gasteiger partial charge in [0, 0.05) is 23.9 Å². The normalized spacial score (nSPS) is 11.4. The number of carbonyl (C=O) groups is 1. The molecule has 0 fully saturated rings. The number of primary sulfonamides is 1. The molecule has 8 nitrogen and oxygen atoms in total. The van der Waals surface area contributed by atoms with Crippen LogP contribution < -0.4 is 16.2 Å². The Morgan fingerprint density at radius 3 is 2.34 bits per heavy atom. The first-order valence-corrected chi connectivity index (χ1v) is 12.6. The highest BCUT2D eigenvalue weighted by Crippen LogP contribution is 2.39. The van der Waals surface area contributed by atoms with E-state index in [2.05, 4.69) is 15.3 Å². The molecule has 0 saturated carbocycles. The van der Waals surface area contributed by atoms with E-state index in [4.69, 9.17) is 10.9 Å². The number of rotatable bonds is 7. The fourth-order valence-corrected chi connectivity index (χ4v) is 5.66. The van der Waals surface area contributed by atoms with Gasteiger partial charge in [-0.05, 0) is 29.8 Å². The van der Waals surface area contributed by atoms with Crippen LogP contribution in [0.5, 0.6) is 0 Å². The fourth-order valence-electron chi connectivity index (χ4n) is 3.02. The zero-order valence-corrected chi connectivity index (χ0v) is 19.4. The number of ketones is 1. The van der Waals surface area contributed by atoms with Crippen molar-refractivity contribution in [3.63, 3.8) is 0 Å². The third kappa shape index (κ3) is 4.86. The first-order valence-electron chi connectivity index (χ1n) is 9.42. The number of sulfonamides is 1. The fraction of sp³-hybridized carbons (Fsp3) is 0.0952. The lowest BCUT2D eigenvalue weighted by atomic mass is 10.1. The number of hydrogen-bond acceptors (Lipinski definition) is 9. The van der Waals surface area contributed by atoms with Gasteiger partial charge < -0.3 is 11.1 Å². The number of nitrogens with zero attached hydrogens (tertiary/aromatic N) is 2. The maximum atomic E-state index is 12.2. The summed E-state index contributed by atoms with van der Waals surface area (Å²) in [5.74, 6) is 0.198. The Labute approximate surface area is 193 Å². The minimum Gasteiger partial charge on any atom is -0.382 e. The molecule has 11 heteroatoms. The molecular weight excluding hydrogens is 466 g/mol. The maximum Gasteiger partial charge on any atom is 0.238 e. The summed E-state index contributed by atoms with van der Waals surface area (Å²) in [6, 6.07) is 15.9. The van der Waals surface area contributed by atoms with E-state index in [0.717, 1.165) is 10.4 Å². The Morgan fingerprint density at radius 2 is 1.72 bits per heavy atom. The molecule has 0 spiro atoms. The molecular formula is C21H19N5O3S3. The number of aromatic nitrogens is 2. The molecule has 4 rings (SSSR count). The number of anilines is 3. The smallest absolute Gasteiger partial charge is 0.238 e. The van der Waals surface area contributed by atoms with E-state index >= 15 is 0 Å². The Kier molecular flexibility index (Phi) is 6.07. The van der Waals surface area contributed by atoms with Gasteiger partial charge in [0.15, 0.2) is 10.9 Å². The predicted molar refractivity (Wildman–Crippen MR) is 128 cm³/mol. The molecule has 0 bridgehead atoms. The first kappa shape index (κ1) is 22.1. The van der Waals surface area contributed by atoms with Gasteiger partial charge in [-0.15, -0.1) is 11.3 Å². The van der Waals surface area contributed by atoms with E-state index < -0.39 is 10.0 Å². The van der Waals surface area contributed by atoms with Crippen LogP contribution in [-0.2, 0) is 16.4 Å². The third-order valence-electron chi connectivity index (χ3n) is 4.52. The summed E-state index contributed by atoms with van der Waals surface area (Å²) in [6.07, 6.45) is 0.605. The summed E-state index contributed by atoms with van der Waals surface area (Å²) in [5, 5.41) is 9.38. The van der Waals surface area contributed by atoms with Gasteiger partial charge in [0.05, 0.1) is 4.90 Å². The van der Waals surface area contributed by atoms with E-state index in [1.165, 1.54) is 41.7 Å². The molecule has 0 radical (unpaired) electrons. The Morgan fingerprint density at radius 1 is 1.03 bits per heavy atom. The van der Waals surface area contributed by atoms with E-state index in [-0.39, 0.29) is 10.7 Å². The molecule has 2 heterocycles. The first-order chi connectivity index (χ1) is 15.2. The van der Waals surface area contributed by atoms with Gasteiger partial charge in [-0.3, -0.25) is 4.79 Å². The van der Waals surface area contributed by atoms with E-state index in [1.807, 2.05) is 30.3 Å². The number of Topliss-reactive ketones (excluding diaryl/α,β-unsaturated/α-hetero) is 1. The summed E-state index contributed by atoms with van der Waals surface area (Å²) >= 11 is 2.73. The molecule has 0 unspecified atom stereocenters. The largest absolute Gasteiger partial charge is 0.382 e. The summed E-state index contributed by atoms with van der Waals surface area (Å²) in [6.45, 7) is 1.50. The molecule has 4 aromatic rings. The number of nitrogens with two attached hydrogens (primary N) is 2. The molecule has 0 amide bonds. The number of benzene rings is 2. The lowest BCUT2D eigenvalue weighted by Gasteiger charge is -2.03. The molecule has 32 heavy (non-hydrogen) atoms. The van der Waals surface area contributed by atoms with Crippen molar-refractivity contribution < 1.29 is 13.2 Å². The summed E-state index contributed by atoms with van der Waals surface area (Å²) < 4.78 is 22.8. The summed E-state index contributed by atoms with van der Waals surface area (Å²) in [5.41, 5.74) is 8.30. The van der Waals surface area contributed by atoms with Crippen molar-refractivity contribution in [2.75, 3.05) is 11.1 Å². The quantitative estimate of drug-likeness (QED) is 0.336. The molecule has 5 N–H and O–H groups in total. The lowest BCUT2D eigenvalue weighted by molar-refractivity contribution is 0.101. The summed E-state index contributed by atoms with van der Waals surface area (Å²) in [7, 11) is -3.76. The Hall–Kier alpha value is -3.12. The Balaban J connectivity index is 1.61. The van der Waals surface area contributed by atoms with Gasteiger partial charge in [0.2, 0.25) is 10.0 Å². The molecule has 0 atom stereocenters. The van der Waals surface area contributed by atoms with Gasteiger partial charge in [0.25, 0.3) is 0 Å². The molecule has 164 valence electrons. The van der Waals surface area contributed by atoms with Crippen molar-refractivity contribution in [2.45, 2.75) is 18.2 Å². The van der Waals surface area contributed by atoms with Gasteiger partial charge in [-0.25, -0.2) is 23.5 Å². The van der Waals surface area contributed by atoms with Crippen LogP contribution in [0.4, 0.5) is 16.6 Å². The van der Waals surface area contributed by atoms with Crippen molar-refractivity contribution in [1.82, 2.24) is 9.97 Å². The maximum absolute atomic E-state index is 12.2. The number of thiazole rings is 2. The Bertz CT molecular complexity index is 1380. The topological polar surface area (TPSA) is 141 Å². The van der Waals surface area contributed by atoms with Crippen molar-refractivity contribution in [1.29, 1.82) is 0 Å². The molecule has 0 saturated heterocycles. The number of carbonyl (C=O) groups excluding carboxylic acids is 1. The second kappa shape index (κ2) is 8.79. The van der Waals surface area contributed by atoms with Gasteiger partial charge in [-0.2, -0.15) is 0 Å². The van der Waals surface area contributed by atoms with Crippen LogP contribution in [0.15, 0.2) is 59.5 Å². The van der Waals surface area contributed by atoms with Crippen molar-refractivity contribution in [3.05, 3.63) is 70.7 Å². The molecule has 2 aromatic heterocycles. The molecule has 0 aliphatic carbocycles. The van der Waals surface area contributed by atoms with E-state index in [9.17, 15) is 13.2 Å². The number of hydrogen-bond donors (Lipinski definition) is 3. The molecule has 0 aliphatic heterocycles. The van der Waals surface area contributed by atoms with Crippen LogP contribution in [0, 0.1) is 0 Å². The average molecular weight is 486 g/mol. The second-order valence-corrected chi connectivity index (χ2v) is 10.6. The highest BCUT2D eigenvalue weighted by atomic mass is 32.2. The van der Waals surface area contributed by atoms with E-state index in [0.29, 0.717) is 38.6 Å². The number of nitrogens with one attached hydrogen (secondary N) is 1. The van der Waals surface area contributed by atoms with Crippen LogP contribution >= 0.6 is 22.7 Å². The third-order valence-corrected chi connectivity index (χ3v) is 7.64. The highest BCUT2D eigenvalue weighted by Gasteiger charge is 2.20. The average Bonchev–Trinajstić information content (AvgIpc) is 3.31. The van der Waals surface area contributed by atoms with Gasteiger partial charge in [-0.1, -0.05) is 41.7 Å². The van der Waals surface area contributed by atoms with Crippen LogP contribution in [0.1, 0.15) is 27.9 Å². The molecule has 2 aromatic carbocycles. The van der Waals surface area contributed by atoms with Gasteiger partial charge in [0.1, 0.15) is 21.4 Å². The monoisotopic (exact) mass is 485 g/mol. The van der Waals surface area contributed by atoms with E-state index in [1.54, 1.807) is 12.1 Å². The van der Waals surface area contributed by atoms with Gasteiger partial charge >= 0.3 is 0 Å². The SMILES string of the molecule is CC(=O)c1nc(-c2sc(Nc3ccc(S(N)(=O)=O)cc3)nc2N)sc1Cc1ccccc1. The highest BCUT2D eigenvalue weighted by molar-refractivity contribution is 7.89. The molecule has 0 aliphatic rings. The summed E-state index contributed by atoms with van der Waals surface area (Å²) in [4.78, 5) is 22.6. The second-order valence-electron chi connectivity index (χ2n) is 6.94. The zero-order valence-electron chi connectivity index (χ0n) is 16.9. The standard InChI is InChI=1S/C21H19N5O3S3/c1-12(27)17-16(11-13-5-3-2-4-6-13)30-20(25-17)18-19(22)26-21(31-18)24-14-7-9-15(10-8-14)32(23,28)29/h2-10H,11,22H2,1H3,(H,24,26)(H2,23,28,29). The van der Waals surface area contributed by atoms with Crippen LogP contribution in [0.2, 0.25) is 0 Å². The minimum atomic E-state index is -3.76. The van der Waals surface area contributed by atoms with Crippen molar-refractivity contribution >= 4 is 55.1 Å². The van der Waals surface area contributed by atoms with Crippen LogP contribution in [0.3, 0.4) is 0 Å². The predicted octanol–water partition coefficient (Wildman–Crippen LogP) is 4.03. The minimum absolute atomic E-state index is 0.0212. The van der Waals surface area contributed by atoms with Crippen molar-refractivity contribution in [2.24, 2.45) is 5.14 Å². The van der Waals surface area contributed by atoms with Crippen LogP contribution in [0.25, 0.3) is 9.88 Å². The zero-order chi connectivity index (χ0) is 22.9.